The van der Waals surface area contributed by atoms with Crippen molar-refractivity contribution in [2.45, 2.75) is 0 Å². The van der Waals surface area contributed by atoms with Crippen molar-refractivity contribution in [2.24, 2.45) is 0 Å². The van der Waals surface area contributed by atoms with Gasteiger partial charge in [-0.05, 0) is 0 Å². The van der Waals surface area contributed by atoms with Gasteiger partial charge >= 0.3 is 75.9 Å². The molecule has 0 saturated heterocycles. The van der Waals surface area contributed by atoms with Crippen LogP contribution < -0.4 is 0 Å². The van der Waals surface area contributed by atoms with E-state index in [1.54, 1.807) is 12.1 Å². The Kier molecular flexibility index (Phi) is 1.98. The second-order valence-corrected chi connectivity index (χ2v) is 4.26. The summed E-state index contributed by atoms with van der Waals surface area (Å²) in [7, 11) is 0. The Balaban J connectivity index is 2.48. The Morgan fingerprint density at radius 3 is 2.92 bits per heavy atom. The van der Waals surface area contributed by atoms with E-state index < -0.39 is 0 Å². The first-order valence-corrected chi connectivity index (χ1v) is 5.40. The van der Waals surface area contributed by atoms with E-state index >= 15 is 0 Å². The van der Waals surface area contributed by atoms with Crippen LogP contribution in [-0.4, -0.2) is 24.6 Å². The van der Waals surface area contributed by atoms with Crippen LogP contribution in [0.15, 0.2) is 35.4 Å². The molecule has 2 nitrogen and oxygen atoms in total. The Morgan fingerprint density at radius 2 is 2.25 bits per heavy atom. The van der Waals surface area contributed by atoms with E-state index in [2.05, 4.69) is 9.92 Å². The van der Waals surface area contributed by atoms with Gasteiger partial charge in [0.25, 0.3) is 0 Å². The zero-order valence-corrected chi connectivity index (χ0v) is 7.98. The molecule has 2 rings (SSSR count). The van der Waals surface area contributed by atoms with Crippen molar-refractivity contribution in [1.29, 1.82) is 0 Å². The minimum absolute atomic E-state index is 0.304. The fourth-order valence-corrected chi connectivity index (χ4v) is 2.34. The van der Waals surface area contributed by atoms with Crippen LogP contribution in [0.3, 0.4) is 0 Å². The van der Waals surface area contributed by atoms with Crippen LogP contribution in [0, 0.1) is 0 Å². The van der Waals surface area contributed by atoms with Crippen molar-refractivity contribution in [3.63, 3.8) is 0 Å². The zero-order valence-electron chi connectivity index (χ0n) is 6.27. The monoisotopic (exact) mass is 225 g/mol. The summed E-state index contributed by atoms with van der Waals surface area (Å²) in [5.41, 5.74) is 1.03. The molecule has 1 aromatic heterocycles. The van der Waals surface area contributed by atoms with Gasteiger partial charge in [-0.2, -0.15) is 0 Å². The first-order valence-electron chi connectivity index (χ1n) is 3.55. The van der Waals surface area contributed by atoms with Gasteiger partial charge in [0.15, 0.2) is 0 Å². The van der Waals surface area contributed by atoms with Crippen LogP contribution in [0.2, 0.25) is 0 Å². The molecule has 0 bridgehead atoms. The Bertz CT molecular complexity index is 370. The molecule has 3 heteroatoms. The summed E-state index contributed by atoms with van der Waals surface area (Å²) >= 11 is 0.341. The van der Waals surface area contributed by atoms with Gasteiger partial charge in [0.2, 0.25) is 0 Å². The van der Waals surface area contributed by atoms with Crippen LogP contribution in [0.5, 0.6) is 5.75 Å². The molecular weight excluding hydrogens is 217 g/mol. The summed E-state index contributed by atoms with van der Waals surface area (Å²) in [6.45, 7) is 0. The predicted molar refractivity (Wildman–Crippen MR) is 48.3 cm³/mol. The number of nitrogens with zero attached hydrogens (tertiary/aromatic N) is 1. The third-order valence-electron chi connectivity index (χ3n) is 1.53. The summed E-state index contributed by atoms with van der Waals surface area (Å²) in [4.78, 5) is 6.26. The second-order valence-electron chi connectivity index (χ2n) is 2.39. The number of phenols is 1. The van der Waals surface area contributed by atoms with Crippen molar-refractivity contribution in [3.8, 4) is 15.9 Å². The molecule has 0 aliphatic rings. The maximum atomic E-state index is 9.20. The number of benzene rings is 1. The zero-order chi connectivity index (χ0) is 8.39. The Labute approximate surface area is 76.3 Å². The molecule has 0 unspecified atom stereocenters. The molecule has 12 heavy (non-hydrogen) atoms. The average Bonchev–Trinajstić information content (AvgIpc) is 2.56. The summed E-state index contributed by atoms with van der Waals surface area (Å²) < 4.78 is 1.08. The number of aromatic nitrogens is 1. The normalized spacial score (nSPS) is 10.0. The van der Waals surface area contributed by atoms with E-state index in [0.717, 1.165) is 10.1 Å². The molecule has 0 aliphatic carbocycles. The maximum absolute atomic E-state index is 9.20. The molecule has 0 aliphatic heterocycles. The number of hydrogen-bond donors (Lipinski definition) is 1. The van der Waals surface area contributed by atoms with Crippen molar-refractivity contribution in [2.75, 3.05) is 0 Å². The molecule has 0 fully saturated rings. The predicted octanol–water partition coefficient (Wildman–Crippen LogP) is 1.51. The first-order chi connectivity index (χ1) is 5.86. The molecule has 0 spiro atoms. The Morgan fingerprint density at radius 1 is 1.33 bits per heavy atom. The third-order valence-corrected chi connectivity index (χ3v) is 3.25. The molecular formula is C9H7NOSe. The van der Waals surface area contributed by atoms with Gasteiger partial charge in [0, 0.05) is 0 Å². The molecule has 1 heterocycles. The van der Waals surface area contributed by atoms with E-state index in [1.807, 2.05) is 18.3 Å². The SMILES string of the molecule is Oc1cccc(-c2ncc[se]2)c1. The van der Waals surface area contributed by atoms with E-state index in [1.165, 1.54) is 0 Å². The number of aromatic hydroxyl groups is 1. The molecule has 1 aromatic carbocycles. The molecule has 60 valence electrons. The van der Waals surface area contributed by atoms with Gasteiger partial charge in [-0.25, -0.2) is 0 Å². The summed E-state index contributed by atoms with van der Waals surface area (Å²) in [5, 5.41) is 9.20. The fraction of sp³-hybridized carbons (Fsp3) is 0. The molecule has 1 N–H and O–H groups in total. The van der Waals surface area contributed by atoms with Crippen molar-refractivity contribution in [1.82, 2.24) is 4.98 Å². The van der Waals surface area contributed by atoms with Gasteiger partial charge in [0.1, 0.15) is 0 Å². The number of phenolic OH excluding ortho intramolecular Hbond substituents is 1. The van der Waals surface area contributed by atoms with Crippen LogP contribution in [0.4, 0.5) is 0 Å². The van der Waals surface area contributed by atoms with E-state index in [9.17, 15) is 5.11 Å². The quantitative estimate of drug-likeness (QED) is 0.745. The number of hydrogen-bond acceptors (Lipinski definition) is 2. The molecule has 0 saturated carbocycles. The van der Waals surface area contributed by atoms with Crippen LogP contribution in [0.1, 0.15) is 0 Å². The van der Waals surface area contributed by atoms with Gasteiger partial charge in [-0.1, -0.05) is 0 Å². The van der Waals surface area contributed by atoms with E-state index in [-0.39, 0.29) is 0 Å². The van der Waals surface area contributed by atoms with Crippen molar-refractivity contribution < 1.29 is 5.11 Å². The second kappa shape index (κ2) is 3.13. The Hall–Kier alpha value is -1.05. The summed E-state index contributed by atoms with van der Waals surface area (Å²) in [6.07, 6.45) is 1.82. The van der Waals surface area contributed by atoms with Crippen LogP contribution >= 0.6 is 0 Å². The molecule has 2 aromatic rings. The standard InChI is InChI=1S/C9H7NOSe/c11-8-3-1-2-7(6-8)9-10-4-5-12-9/h1-6,11H. The topological polar surface area (TPSA) is 33.1 Å². The van der Waals surface area contributed by atoms with E-state index in [4.69, 9.17) is 0 Å². The van der Waals surface area contributed by atoms with Gasteiger partial charge in [0.05, 0.1) is 0 Å². The van der Waals surface area contributed by atoms with E-state index in [0.29, 0.717) is 20.3 Å². The van der Waals surface area contributed by atoms with Gasteiger partial charge in [-0.3, -0.25) is 0 Å². The molecule has 0 atom stereocenters. The first kappa shape index (κ1) is 7.59. The number of rotatable bonds is 1. The van der Waals surface area contributed by atoms with Crippen molar-refractivity contribution >= 4 is 14.5 Å². The fourth-order valence-electron chi connectivity index (χ4n) is 1.00. The minimum atomic E-state index is 0.304. The van der Waals surface area contributed by atoms with Crippen LogP contribution in [0.25, 0.3) is 10.1 Å². The average molecular weight is 224 g/mol. The van der Waals surface area contributed by atoms with Gasteiger partial charge < -0.3 is 0 Å². The van der Waals surface area contributed by atoms with Gasteiger partial charge in [-0.15, -0.1) is 0 Å². The summed E-state index contributed by atoms with van der Waals surface area (Å²) in [5.74, 6) is 0.304. The molecule has 0 amide bonds. The van der Waals surface area contributed by atoms with Crippen LogP contribution in [-0.2, 0) is 0 Å². The third kappa shape index (κ3) is 1.42. The summed E-state index contributed by atoms with van der Waals surface area (Å²) in [6, 6.07) is 7.21. The van der Waals surface area contributed by atoms with Crippen molar-refractivity contribution in [3.05, 3.63) is 35.4 Å². The molecule has 0 radical (unpaired) electrons.